The fraction of sp³-hybridized carbons (Fsp3) is 0.176. The van der Waals surface area contributed by atoms with Gasteiger partial charge in [0.2, 0.25) is 0 Å². The Morgan fingerprint density at radius 1 is 1.29 bits per heavy atom. The number of rotatable bonds is 3. The Bertz CT molecular complexity index is 859. The van der Waals surface area contributed by atoms with Crippen LogP contribution in [0.5, 0.6) is 0 Å². The van der Waals surface area contributed by atoms with Crippen LogP contribution in [0.3, 0.4) is 0 Å². The van der Waals surface area contributed by atoms with E-state index in [2.05, 4.69) is 10.1 Å². The number of aryl methyl sites for hydroxylation is 2. The topological polar surface area (TPSA) is 30.7 Å². The van der Waals surface area contributed by atoms with Crippen LogP contribution in [0.2, 0.25) is 5.02 Å². The van der Waals surface area contributed by atoms with E-state index in [0.29, 0.717) is 16.3 Å². The molecule has 3 aromatic rings. The Morgan fingerprint density at radius 3 is 2.86 bits per heavy atom. The average molecular weight is 300 g/mol. The van der Waals surface area contributed by atoms with Gasteiger partial charge in [0.05, 0.1) is 11.9 Å². The van der Waals surface area contributed by atoms with Crippen LogP contribution in [0.25, 0.3) is 11.3 Å². The quantitative estimate of drug-likeness (QED) is 0.731. The van der Waals surface area contributed by atoms with Crippen LogP contribution in [0.1, 0.15) is 19.6 Å². The van der Waals surface area contributed by atoms with Gasteiger partial charge in [0.1, 0.15) is 0 Å². The van der Waals surface area contributed by atoms with Crippen LogP contribution in [-0.2, 0) is 13.4 Å². The monoisotopic (exact) mass is 299 g/mol. The Kier molecular flexibility index (Phi) is 3.13. The summed E-state index contributed by atoms with van der Waals surface area (Å²) in [5.74, 6) is 0. The Balaban J connectivity index is 2.10. The first-order valence-electron chi connectivity index (χ1n) is 7.61. The smallest absolute Gasteiger partial charge is 0.0735 e. The zero-order valence-electron chi connectivity index (χ0n) is 13.8. The Hall–Kier alpha value is -2.13. The Labute approximate surface area is 132 Å². The molecule has 4 heteroatoms. The molecule has 0 saturated heterocycles. The van der Waals surface area contributed by atoms with Crippen LogP contribution in [0.15, 0.2) is 48.8 Å². The molecule has 1 aromatic carbocycles. The molecule has 0 bridgehead atoms. The molecule has 2 aromatic heterocycles. The zero-order chi connectivity index (χ0) is 16.6. The number of hydrogen-bond acceptors (Lipinski definition) is 2. The first kappa shape index (κ1) is 11.5. The van der Waals surface area contributed by atoms with E-state index in [0.717, 1.165) is 16.8 Å². The van der Waals surface area contributed by atoms with Crippen molar-refractivity contribution in [2.24, 2.45) is 7.05 Å². The molecule has 21 heavy (non-hydrogen) atoms. The second-order valence-corrected chi connectivity index (χ2v) is 5.34. The molecule has 0 unspecified atom stereocenters. The highest BCUT2D eigenvalue weighted by molar-refractivity contribution is 6.30. The molecule has 3 rings (SSSR count). The summed E-state index contributed by atoms with van der Waals surface area (Å²) < 4.78 is 18.4. The van der Waals surface area contributed by atoms with E-state index in [9.17, 15) is 0 Å². The molecule has 0 aliphatic heterocycles. The maximum atomic E-state index is 8.42. The molecule has 0 spiro atoms. The van der Waals surface area contributed by atoms with Crippen molar-refractivity contribution in [2.45, 2.75) is 13.3 Å². The summed E-state index contributed by atoms with van der Waals surface area (Å²) in [6, 6.07) is 11.0. The lowest BCUT2D eigenvalue weighted by atomic mass is 10.0. The lowest BCUT2D eigenvalue weighted by molar-refractivity contribution is 0.767. The molecule has 0 aliphatic rings. The predicted octanol–water partition coefficient (Wildman–Crippen LogP) is 4.03. The zero-order valence-corrected chi connectivity index (χ0v) is 12.6. The van der Waals surface area contributed by atoms with Gasteiger partial charge in [-0.15, -0.1) is 0 Å². The molecule has 106 valence electrons. The SMILES string of the molecule is [2H]C([2H])(c1cnn(C)c1)c1ccc(C)c(-c2cccc(Cl)c2)n1. The summed E-state index contributed by atoms with van der Waals surface area (Å²) in [7, 11) is 1.76. The minimum Gasteiger partial charge on any atom is -0.276 e. The lowest BCUT2D eigenvalue weighted by Gasteiger charge is -2.08. The summed E-state index contributed by atoms with van der Waals surface area (Å²) in [5, 5.41) is 4.68. The number of hydrogen-bond donors (Lipinski definition) is 0. The fourth-order valence-electron chi connectivity index (χ4n) is 2.16. The van der Waals surface area contributed by atoms with E-state index in [1.165, 1.54) is 6.20 Å². The van der Waals surface area contributed by atoms with Crippen molar-refractivity contribution in [3.63, 3.8) is 0 Å². The van der Waals surface area contributed by atoms with E-state index in [-0.39, 0.29) is 0 Å². The molecule has 0 aliphatic carbocycles. The molecule has 0 amide bonds. The molecule has 2 heterocycles. The first-order chi connectivity index (χ1) is 10.9. The van der Waals surface area contributed by atoms with Gasteiger partial charge >= 0.3 is 0 Å². The lowest BCUT2D eigenvalue weighted by Crippen LogP contribution is -1.96. The van der Waals surface area contributed by atoms with Gasteiger partial charge in [-0.1, -0.05) is 29.8 Å². The predicted molar refractivity (Wildman–Crippen MR) is 85.4 cm³/mol. The maximum Gasteiger partial charge on any atom is 0.0735 e. The molecule has 0 saturated carbocycles. The summed E-state index contributed by atoms with van der Waals surface area (Å²) in [6.45, 7) is 1.95. The molecule has 0 radical (unpaired) electrons. The van der Waals surface area contributed by atoms with Crippen molar-refractivity contribution in [2.75, 3.05) is 0 Å². The van der Waals surface area contributed by atoms with Crippen molar-refractivity contribution < 1.29 is 2.74 Å². The van der Waals surface area contributed by atoms with Crippen molar-refractivity contribution in [1.29, 1.82) is 0 Å². The highest BCUT2D eigenvalue weighted by Crippen LogP contribution is 2.24. The highest BCUT2D eigenvalue weighted by Gasteiger charge is 2.07. The van der Waals surface area contributed by atoms with Crippen molar-refractivity contribution in [1.82, 2.24) is 14.8 Å². The number of pyridine rings is 1. The summed E-state index contributed by atoms with van der Waals surface area (Å²) in [4.78, 5) is 4.57. The average Bonchev–Trinajstić information content (AvgIpc) is 2.95. The maximum absolute atomic E-state index is 8.42. The van der Waals surface area contributed by atoms with Crippen LogP contribution in [-0.4, -0.2) is 14.8 Å². The van der Waals surface area contributed by atoms with Gasteiger partial charge in [-0.2, -0.15) is 5.10 Å². The van der Waals surface area contributed by atoms with Gasteiger partial charge in [-0.05, 0) is 36.2 Å². The molecular formula is C17H16ClN3. The van der Waals surface area contributed by atoms with Crippen LogP contribution in [0.4, 0.5) is 0 Å². The minimum absolute atomic E-state index is 0.353. The summed E-state index contributed by atoms with van der Waals surface area (Å²) in [5.41, 5.74) is 3.41. The third-order valence-electron chi connectivity index (χ3n) is 3.17. The second kappa shape index (κ2) is 5.70. The number of benzene rings is 1. The normalized spacial score (nSPS) is 12.9. The van der Waals surface area contributed by atoms with Crippen LogP contribution < -0.4 is 0 Å². The molecule has 0 N–H and O–H groups in total. The number of halogens is 1. The number of aromatic nitrogens is 3. The summed E-state index contributed by atoms with van der Waals surface area (Å²) >= 11 is 6.06. The van der Waals surface area contributed by atoms with Crippen LogP contribution in [0, 0.1) is 6.92 Å². The van der Waals surface area contributed by atoms with Gasteiger partial charge < -0.3 is 0 Å². The summed E-state index contributed by atoms with van der Waals surface area (Å²) in [6.07, 6.45) is 1.48. The van der Waals surface area contributed by atoms with E-state index in [4.69, 9.17) is 14.3 Å². The fourth-order valence-corrected chi connectivity index (χ4v) is 2.35. The molecular weight excluding hydrogens is 282 g/mol. The number of nitrogens with zero attached hydrogens (tertiary/aromatic N) is 3. The third-order valence-corrected chi connectivity index (χ3v) is 3.41. The van der Waals surface area contributed by atoms with Crippen molar-refractivity contribution in [3.05, 3.63) is 70.6 Å². The van der Waals surface area contributed by atoms with E-state index in [1.807, 2.05) is 31.2 Å². The highest BCUT2D eigenvalue weighted by atomic mass is 35.5. The standard InChI is InChI=1S/C17H16ClN3/c1-12-6-7-16(8-13-10-19-21(2)11-13)20-17(12)14-4-3-5-15(18)9-14/h3-7,9-11H,8H2,1-2H3/i8D2. The third kappa shape index (κ3) is 3.14. The van der Waals surface area contributed by atoms with Crippen molar-refractivity contribution >= 4 is 11.6 Å². The first-order valence-corrected chi connectivity index (χ1v) is 6.99. The van der Waals surface area contributed by atoms with Crippen LogP contribution >= 0.6 is 11.6 Å². The van der Waals surface area contributed by atoms with E-state index >= 15 is 0 Å². The van der Waals surface area contributed by atoms with Gasteiger partial charge in [0, 0.05) is 38.6 Å². The van der Waals surface area contributed by atoms with Gasteiger partial charge in [0.25, 0.3) is 0 Å². The molecule has 0 fully saturated rings. The minimum atomic E-state index is -1.71. The molecule has 0 atom stereocenters. The largest absolute Gasteiger partial charge is 0.276 e. The second-order valence-electron chi connectivity index (χ2n) is 4.90. The Morgan fingerprint density at radius 2 is 2.14 bits per heavy atom. The van der Waals surface area contributed by atoms with Gasteiger partial charge in [0.15, 0.2) is 0 Å². The van der Waals surface area contributed by atoms with E-state index < -0.39 is 6.37 Å². The molecule has 3 nitrogen and oxygen atoms in total. The van der Waals surface area contributed by atoms with Crippen molar-refractivity contribution in [3.8, 4) is 11.3 Å². The van der Waals surface area contributed by atoms with Gasteiger partial charge in [-0.3, -0.25) is 9.67 Å². The van der Waals surface area contributed by atoms with Gasteiger partial charge in [-0.25, -0.2) is 0 Å². The van der Waals surface area contributed by atoms with E-state index in [1.54, 1.807) is 30.1 Å².